The van der Waals surface area contributed by atoms with E-state index < -0.39 is 7.27 Å². The van der Waals surface area contributed by atoms with E-state index in [0.717, 1.165) is 5.92 Å². The lowest BCUT2D eigenvalue weighted by atomic mass is 10.0. The highest BCUT2D eigenvalue weighted by molar-refractivity contribution is 7.91. The van der Waals surface area contributed by atoms with Gasteiger partial charge in [-0.2, -0.15) is 0 Å². The topological polar surface area (TPSA) is 0 Å². The summed E-state index contributed by atoms with van der Waals surface area (Å²) in [6, 6.07) is 10.5. The van der Waals surface area contributed by atoms with Gasteiger partial charge in [0.1, 0.15) is 0 Å². The second kappa shape index (κ2) is 6.03. The SMILES string of the molecule is CC(C)CCC(C)(C)P(Cl)c1ccccc1. The van der Waals surface area contributed by atoms with Gasteiger partial charge in [0.05, 0.1) is 0 Å². The van der Waals surface area contributed by atoms with Crippen molar-refractivity contribution in [2.45, 2.75) is 45.7 Å². The third-order valence-corrected chi connectivity index (χ3v) is 6.84. The van der Waals surface area contributed by atoms with Gasteiger partial charge in [0.25, 0.3) is 0 Å². The molecule has 0 amide bonds. The first-order valence-corrected chi connectivity index (χ1v) is 8.19. The van der Waals surface area contributed by atoms with Crippen LogP contribution in [0.2, 0.25) is 0 Å². The predicted molar refractivity (Wildman–Crippen MR) is 77.0 cm³/mol. The van der Waals surface area contributed by atoms with E-state index in [0.29, 0.717) is 0 Å². The van der Waals surface area contributed by atoms with Crippen molar-refractivity contribution in [1.29, 1.82) is 0 Å². The number of rotatable bonds is 5. The molecule has 0 nitrogen and oxygen atoms in total. The van der Waals surface area contributed by atoms with Crippen molar-refractivity contribution in [1.82, 2.24) is 0 Å². The largest absolute Gasteiger partial charge is 0.0906 e. The Labute approximate surface area is 106 Å². The maximum Gasteiger partial charge on any atom is 0.0270 e. The summed E-state index contributed by atoms with van der Waals surface area (Å²) < 4.78 is 0. The van der Waals surface area contributed by atoms with Crippen molar-refractivity contribution in [3.8, 4) is 0 Å². The number of halogens is 1. The fraction of sp³-hybridized carbons (Fsp3) is 0.571. The molecular formula is C14H22ClP. The van der Waals surface area contributed by atoms with E-state index in [2.05, 4.69) is 52.0 Å². The monoisotopic (exact) mass is 256 g/mol. The zero-order valence-corrected chi connectivity index (χ0v) is 12.4. The summed E-state index contributed by atoms with van der Waals surface area (Å²) in [4.78, 5) is 0. The van der Waals surface area contributed by atoms with E-state index in [1.54, 1.807) is 0 Å². The second-order valence-corrected chi connectivity index (χ2v) is 8.66. The van der Waals surface area contributed by atoms with Crippen molar-refractivity contribution >= 4 is 23.8 Å². The summed E-state index contributed by atoms with van der Waals surface area (Å²) in [7, 11) is -0.577. The van der Waals surface area contributed by atoms with Gasteiger partial charge in [0.2, 0.25) is 0 Å². The molecular weight excluding hydrogens is 235 g/mol. The third kappa shape index (κ3) is 4.07. The minimum absolute atomic E-state index is 0.225. The molecule has 1 rings (SSSR count). The van der Waals surface area contributed by atoms with Crippen LogP contribution in [0.1, 0.15) is 40.5 Å². The summed E-state index contributed by atoms with van der Waals surface area (Å²) in [5, 5.41) is 1.52. The number of benzene rings is 1. The lowest BCUT2D eigenvalue weighted by molar-refractivity contribution is 0.499. The molecule has 0 N–H and O–H groups in total. The quantitative estimate of drug-likeness (QED) is 0.638. The van der Waals surface area contributed by atoms with Gasteiger partial charge in [0, 0.05) is 12.4 Å². The van der Waals surface area contributed by atoms with Gasteiger partial charge in [-0.3, -0.25) is 0 Å². The van der Waals surface area contributed by atoms with Crippen LogP contribution in [0.15, 0.2) is 30.3 Å². The molecule has 0 heterocycles. The predicted octanol–water partition coefficient (Wildman–Crippen LogP) is 5.16. The van der Waals surface area contributed by atoms with E-state index in [-0.39, 0.29) is 5.16 Å². The smallest absolute Gasteiger partial charge is 0.0270 e. The van der Waals surface area contributed by atoms with Crippen molar-refractivity contribution in [3.63, 3.8) is 0 Å². The van der Waals surface area contributed by atoms with E-state index >= 15 is 0 Å². The summed E-state index contributed by atoms with van der Waals surface area (Å²) in [6.07, 6.45) is 2.46. The van der Waals surface area contributed by atoms with Crippen LogP contribution < -0.4 is 5.30 Å². The van der Waals surface area contributed by atoms with Crippen LogP contribution >= 0.6 is 18.5 Å². The van der Waals surface area contributed by atoms with Gasteiger partial charge >= 0.3 is 0 Å². The molecule has 0 spiro atoms. The Morgan fingerprint density at radius 2 is 1.75 bits per heavy atom. The van der Waals surface area contributed by atoms with Crippen LogP contribution in [0.5, 0.6) is 0 Å². The highest BCUT2D eigenvalue weighted by atomic mass is 35.7. The molecule has 1 aromatic rings. The standard InChI is InChI=1S/C14H22ClP/c1-12(2)10-11-14(3,4)16(15)13-8-6-5-7-9-13/h5-9,12H,10-11H2,1-4H3. The first-order chi connectivity index (χ1) is 7.43. The Balaban J connectivity index is 2.68. The Morgan fingerprint density at radius 3 is 2.25 bits per heavy atom. The first-order valence-electron chi connectivity index (χ1n) is 5.94. The zero-order valence-electron chi connectivity index (χ0n) is 10.7. The first kappa shape index (κ1) is 14.0. The van der Waals surface area contributed by atoms with Crippen LogP contribution in [0.3, 0.4) is 0 Å². The average Bonchev–Trinajstić information content (AvgIpc) is 2.27. The molecule has 2 heteroatoms. The molecule has 1 atom stereocenters. The molecule has 1 unspecified atom stereocenters. The number of hydrogen-bond donors (Lipinski definition) is 0. The van der Waals surface area contributed by atoms with Crippen LogP contribution in [0.4, 0.5) is 0 Å². The summed E-state index contributed by atoms with van der Waals surface area (Å²) in [5.74, 6) is 0.759. The summed E-state index contributed by atoms with van der Waals surface area (Å²) in [6.45, 7) is 9.13. The van der Waals surface area contributed by atoms with Gasteiger partial charge in [-0.25, -0.2) is 0 Å². The van der Waals surface area contributed by atoms with Crippen molar-refractivity contribution in [3.05, 3.63) is 30.3 Å². The Kier molecular flexibility index (Phi) is 5.28. The maximum absolute atomic E-state index is 6.65. The number of hydrogen-bond acceptors (Lipinski definition) is 0. The van der Waals surface area contributed by atoms with E-state index in [1.807, 2.05) is 6.07 Å². The van der Waals surface area contributed by atoms with E-state index in [4.69, 9.17) is 11.2 Å². The molecule has 1 aromatic carbocycles. The minimum Gasteiger partial charge on any atom is -0.0906 e. The second-order valence-electron chi connectivity index (χ2n) is 5.36. The molecule has 0 aromatic heterocycles. The van der Waals surface area contributed by atoms with Crippen LogP contribution in [-0.2, 0) is 0 Å². The molecule has 0 saturated heterocycles. The molecule has 90 valence electrons. The van der Waals surface area contributed by atoms with Crippen LogP contribution in [0.25, 0.3) is 0 Å². The Morgan fingerprint density at radius 1 is 1.19 bits per heavy atom. The van der Waals surface area contributed by atoms with Crippen LogP contribution in [-0.4, -0.2) is 5.16 Å². The molecule has 0 aliphatic heterocycles. The maximum atomic E-state index is 6.65. The van der Waals surface area contributed by atoms with Crippen molar-refractivity contribution in [2.75, 3.05) is 0 Å². The van der Waals surface area contributed by atoms with Gasteiger partial charge in [0.15, 0.2) is 0 Å². The molecule has 0 aliphatic rings. The molecule has 0 bridgehead atoms. The lowest BCUT2D eigenvalue weighted by Crippen LogP contribution is -2.21. The molecule has 0 saturated carbocycles. The Bertz CT molecular complexity index is 306. The highest BCUT2D eigenvalue weighted by Gasteiger charge is 2.28. The van der Waals surface area contributed by atoms with Crippen molar-refractivity contribution in [2.24, 2.45) is 5.92 Å². The lowest BCUT2D eigenvalue weighted by Gasteiger charge is -2.31. The van der Waals surface area contributed by atoms with Gasteiger partial charge in [-0.05, 0) is 17.6 Å². The third-order valence-electron chi connectivity index (χ3n) is 2.85. The van der Waals surface area contributed by atoms with E-state index in [1.165, 1.54) is 18.1 Å². The van der Waals surface area contributed by atoms with Gasteiger partial charge in [-0.1, -0.05) is 75.7 Å². The molecule has 0 aliphatic carbocycles. The minimum atomic E-state index is -0.577. The fourth-order valence-electron chi connectivity index (χ4n) is 1.65. The van der Waals surface area contributed by atoms with Gasteiger partial charge in [-0.15, -0.1) is 0 Å². The molecule has 0 radical (unpaired) electrons. The normalized spacial score (nSPS) is 14.1. The molecule has 0 fully saturated rings. The van der Waals surface area contributed by atoms with Gasteiger partial charge < -0.3 is 0 Å². The van der Waals surface area contributed by atoms with Crippen molar-refractivity contribution < 1.29 is 0 Å². The summed E-state index contributed by atoms with van der Waals surface area (Å²) in [5.41, 5.74) is 0. The van der Waals surface area contributed by atoms with E-state index in [9.17, 15) is 0 Å². The zero-order chi connectivity index (χ0) is 12.2. The van der Waals surface area contributed by atoms with Crippen LogP contribution in [0, 0.1) is 5.92 Å². The fourth-order valence-corrected chi connectivity index (χ4v) is 3.70. The Hall–Kier alpha value is -0.0600. The summed E-state index contributed by atoms with van der Waals surface area (Å²) >= 11 is 6.65. The molecule has 16 heavy (non-hydrogen) atoms. The highest BCUT2D eigenvalue weighted by Crippen LogP contribution is 2.55. The average molecular weight is 257 g/mol.